The van der Waals surface area contributed by atoms with E-state index in [1.165, 1.54) is 235 Å². The van der Waals surface area contributed by atoms with Crippen molar-refractivity contribution in [2.75, 3.05) is 14.7 Å². The maximum absolute atomic E-state index is 2.49. The first kappa shape index (κ1) is 81.0. The molecule has 21 aromatic carbocycles. The van der Waals surface area contributed by atoms with Crippen LogP contribution in [0.15, 0.2) is 473 Å². The third kappa shape index (κ3) is 13.5. The third-order valence-corrected chi connectivity index (χ3v) is 38.1. The number of nitrogens with zero attached hydrogens (tertiary/aromatic N) is 6. The first-order chi connectivity index (χ1) is 68.4. The molecule has 9 aromatic heterocycles. The number of para-hydroxylation sites is 6. The summed E-state index contributed by atoms with van der Waals surface area (Å²) in [5.41, 5.74) is 21.4. The summed E-state index contributed by atoms with van der Waals surface area (Å²) in [5, 5.41) is 23.7. The second-order valence-corrected chi connectivity index (χ2v) is 45.4. The molecule has 0 bridgehead atoms. The SMILES string of the molecule is c1ccc(-n2c3ccccc3c3cc(N(c4ccc5c(c4)[se]c4ccccc45)c4ccc5sc6ccccc6c5c4)ccc32)cc1.c1ccc(-n2c3ccccc3c3cc(N(c4ccc5c(c4)[se]c4ccccc45)c4cccc5c4sc4ccccc45)ccc32)cc1.c1ccc(-n2c3ccccc3c3cc(N(c4ccc5c(c4)sc4ccccc45)c4ccc5c(c4)[se]c4ccccc45)ccc32)cc1. The molecular formula is C126H78N6S3Se3. The number of rotatable bonds is 12. The van der Waals surface area contributed by atoms with Crippen LogP contribution in [0.2, 0.25) is 0 Å². The Morgan fingerprint density at radius 3 is 0.855 bits per heavy atom. The van der Waals surface area contributed by atoms with Crippen molar-refractivity contribution in [2.45, 2.75) is 0 Å². The van der Waals surface area contributed by atoms with Crippen molar-refractivity contribution < 1.29 is 0 Å². The van der Waals surface area contributed by atoms with Gasteiger partial charge in [0.15, 0.2) is 0 Å². The third-order valence-electron chi connectivity index (χ3n) is 27.5. The van der Waals surface area contributed by atoms with Gasteiger partial charge in [0.05, 0.1) is 0 Å². The molecule has 30 aromatic rings. The first-order valence-corrected chi connectivity index (χ1v) is 54.1. The average molecular weight is 2010 g/mol. The molecule has 0 amide bonds. The summed E-state index contributed by atoms with van der Waals surface area (Å²) in [5.74, 6) is 0. The molecule has 30 rings (SSSR count). The fourth-order valence-electron chi connectivity index (χ4n) is 21.4. The number of benzene rings is 21. The fraction of sp³-hybridized carbons (Fsp3) is 0. The van der Waals surface area contributed by atoms with E-state index >= 15 is 0 Å². The van der Waals surface area contributed by atoms with Gasteiger partial charge < -0.3 is 0 Å². The summed E-state index contributed by atoms with van der Waals surface area (Å²) in [7, 11) is 0. The summed E-state index contributed by atoms with van der Waals surface area (Å²) < 4.78 is 23.8. The molecule has 648 valence electrons. The monoisotopic (exact) mass is 2010 g/mol. The minimum absolute atomic E-state index is 0.282. The Labute approximate surface area is 823 Å². The number of aromatic nitrogens is 3. The van der Waals surface area contributed by atoms with E-state index < -0.39 is 0 Å². The molecule has 0 aliphatic rings. The zero-order valence-corrected chi connectivity index (χ0v) is 81.8. The van der Waals surface area contributed by atoms with Crippen molar-refractivity contribution in [3.05, 3.63) is 473 Å². The molecule has 0 radical (unpaired) electrons. The van der Waals surface area contributed by atoms with Gasteiger partial charge in [-0.25, -0.2) is 0 Å². The summed E-state index contributed by atoms with van der Waals surface area (Å²) in [6, 6.07) is 174. The molecule has 0 fully saturated rings. The van der Waals surface area contributed by atoms with Gasteiger partial charge in [0.1, 0.15) is 0 Å². The Balaban J connectivity index is 0.000000102. The van der Waals surface area contributed by atoms with Crippen molar-refractivity contribution in [1.82, 2.24) is 13.7 Å². The molecule has 0 saturated heterocycles. The van der Waals surface area contributed by atoms with Crippen LogP contribution in [0.4, 0.5) is 51.2 Å². The number of anilines is 9. The van der Waals surface area contributed by atoms with Crippen LogP contribution in [0, 0.1) is 0 Å². The van der Waals surface area contributed by atoms with E-state index in [2.05, 4.69) is 502 Å². The molecule has 0 aliphatic carbocycles. The molecule has 12 heteroatoms. The van der Waals surface area contributed by atoms with Crippen molar-refractivity contribution in [3.63, 3.8) is 0 Å². The van der Waals surface area contributed by atoms with Crippen LogP contribution in [-0.2, 0) is 0 Å². The summed E-state index contributed by atoms with van der Waals surface area (Å²) in [6.45, 7) is 0. The van der Waals surface area contributed by atoms with E-state index in [0.29, 0.717) is 0 Å². The molecule has 0 unspecified atom stereocenters. The summed E-state index contributed by atoms with van der Waals surface area (Å²) in [4.78, 5) is 7.40. The van der Waals surface area contributed by atoms with Crippen molar-refractivity contribution in [1.29, 1.82) is 0 Å². The van der Waals surface area contributed by atoms with Gasteiger partial charge in [-0.2, -0.15) is 0 Å². The van der Waals surface area contributed by atoms with Crippen molar-refractivity contribution in [3.8, 4) is 17.1 Å². The second-order valence-electron chi connectivity index (χ2n) is 35.3. The van der Waals surface area contributed by atoms with Gasteiger partial charge in [-0.3, -0.25) is 0 Å². The molecular weight excluding hydrogens is 1930 g/mol. The van der Waals surface area contributed by atoms with Crippen LogP contribution in [0.5, 0.6) is 0 Å². The van der Waals surface area contributed by atoms with E-state index in [-0.39, 0.29) is 43.5 Å². The molecule has 6 nitrogen and oxygen atoms in total. The number of hydrogen-bond acceptors (Lipinski definition) is 6. The van der Waals surface area contributed by atoms with Crippen molar-refractivity contribution in [2.24, 2.45) is 0 Å². The van der Waals surface area contributed by atoms with E-state index in [4.69, 9.17) is 0 Å². The van der Waals surface area contributed by atoms with Crippen molar-refractivity contribution >= 4 is 313 Å². The maximum atomic E-state index is 2.49. The van der Waals surface area contributed by atoms with Gasteiger partial charge in [0, 0.05) is 0 Å². The number of thiophene rings is 3. The Kier molecular flexibility index (Phi) is 19.5. The predicted molar refractivity (Wildman–Crippen MR) is 601 cm³/mol. The van der Waals surface area contributed by atoms with E-state index in [0.717, 1.165) is 17.1 Å². The van der Waals surface area contributed by atoms with Crippen LogP contribution in [-0.4, -0.2) is 57.2 Å². The van der Waals surface area contributed by atoms with E-state index in [1.54, 1.807) is 0 Å². The molecule has 0 aliphatic heterocycles. The van der Waals surface area contributed by atoms with Crippen LogP contribution in [0.25, 0.3) is 201 Å². The van der Waals surface area contributed by atoms with Crippen LogP contribution >= 0.6 is 34.0 Å². The number of hydrogen-bond donors (Lipinski definition) is 0. The van der Waals surface area contributed by atoms with Gasteiger partial charge >= 0.3 is 813 Å². The predicted octanol–water partition coefficient (Wildman–Crippen LogP) is 36.0. The molecule has 0 atom stereocenters. The Morgan fingerprint density at radius 2 is 0.420 bits per heavy atom. The molecule has 0 N–H and O–H groups in total. The van der Waals surface area contributed by atoms with Crippen LogP contribution in [0.3, 0.4) is 0 Å². The van der Waals surface area contributed by atoms with E-state index in [1.807, 2.05) is 34.0 Å². The Morgan fingerprint density at radius 1 is 0.152 bits per heavy atom. The zero-order valence-electron chi connectivity index (χ0n) is 74.2. The normalized spacial score (nSPS) is 11.9. The average Bonchev–Trinajstić information content (AvgIpc) is 1.39. The summed E-state index contributed by atoms with van der Waals surface area (Å²) in [6.07, 6.45) is 0. The van der Waals surface area contributed by atoms with Gasteiger partial charge in [-0.15, -0.1) is 0 Å². The topological polar surface area (TPSA) is 24.5 Å². The Hall–Kier alpha value is -15.4. The van der Waals surface area contributed by atoms with Crippen LogP contribution in [0.1, 0.15) is 0 Å². The second kappa shape index (κ2) is 33.3. The molecule has 0 spiro atoms. The molecule has 138 heavy (non-hydrogen) atoms. The molecule has 0 saturated carbocycles. The molecule has 9 heterocycles. The quantitative estimate of drug-likeness (QED) is 0.114. The van der Waals surface area contributed by atoms with E-state index in [9.17, 15) is 0 Å². The van der Waals surface area contributed by atoms with Gasteiger partial charge in [-0.05, 0) is 0 Å². The standard InChI is InChI=1S/3C42H26N2SSe/c1-2-11-27(12-3-1)44-36-17-7-4-13-30(36)35-25-28(22-24-37(35)44)43(29-21-23-33-32-15-6-9-20-40(32)46-41(33)26-29)38-18-10-16-34-31-14-5-8-19-39(31)45-42(34)38;1-2-10-27(11-3-1)44-37-15-7-4-12-31(37)36-24-28(20-23-38(36)44)43(29-18-21-33-32-13-5-8-16-39(32)45-40(33)25-29)30-19-22-35-34-14-6-9-17-41(34)46-42(35)26-30;1-2-10-27(11-3-1)44-37-15-7-4-12-31(37)35-24-28(19-22-38(35)44)43(29-20-23-40-36(25-29)32-13-5-8-16-39(32)45-40)30-18-21-34-33-14-6-9-17-41(33)46-42(34)26-30/h3*1-26H. The zero-order chi connectivity index (χ0) is 90.6. The minimum atomic E-state index is 0.282. The van der Waals surface area contributed by atoms with Crippen LogP contribution < -0.4 is 14.7 Å². The summed E-state index contributed by atoms with van der Waals surface area (Å²) >= 11 is 6.48. The first-order valence-electron chi connectivity index (χ1n) is 46.6. The number of fused-ring (bicyclic) bond motifs is 27. The van der Waals surface area contributed by atoms with Gasteiger partial charge in [0.2, 0.25) is 0 Å². The van der Waals surface area contributed by atoms with Gasteiger partial charge in [0.25, 0.3) is 0 Å². The fourth-order valence-corrected chi connectivity index (χ4v) is 32.0. The Bertz CT molecular complexity index is 10000. The van der Waals surface area contributed by atoms with Gasteiger partial charge in [-0.1, -0.05) is 18.2 Å².